The normalized spacial score (nSPS) is 11.1. The van der Waals surface area contributed by atoms with E-state index < -0.39 is 0 Å². The van der Waals surface area contributed by atoms with Crippen LogP contribution < -0.4 is 20.3 Å². The van der Waals surface area contributed by atoms with Crippen LogP contribution in [-0.4, -0.2) is 35.0 Å². The van der Waals surface area contributed by atoms with Crippen molar-refractivity contribution in [3.05, 3.63) is 117 Å². The van der Waals surface area contributed by atoms with Crippen molar-refractivity contribution in [2.45, 2.75) is 6.92 Å². The summed E-state index contributed by atoms with van der Waals surface area (Å²) < 4.78 is 13.5. The number of carbonyl (C=O) groups excluding carboxylic acids is 1. The summed E-state index contributed by atoms with van der Waals surface area (Å²) >= 11 is 3.56. The quantitative estimate of drug-likeness (QED) is 0.207. The predicted octanol–water partition coefficient (Wildman–Crippen LogP) is 6.12. The molecule has 0 spiro atoms. The first-order valence-corrected chi connectivity index (χ1v) is 13.4. The second-order valence-corrected chi connectivity index (χ2v) is 9.49. The molecular weight excluding hydrogens is 572 g/mol. The lowest BCUT2D eigenvalue weighted by Gasteiger charge is -2.14. The Kier molecular flexibility index (Phi) is 8.32. The average Bonchev–Trinajstić information content (AvgIpc) is 2.98. The Morgan fingerprint density at radius 3 is 2.38 bits per heavy atom. The highest BCUT2D eigenvalue weighted by molar-refractivity contribution is 9.10. The van der Waals surface area contributed by atoms with Crippen LogP contribution in [0.2, 0.25) is 0 Å². The first kappa shape index (κ1) is 26.8. The van der Waals surface area contributed by atoms with Gasteiger partial charge in [-0.1, -0.05) is 60.7 Å². The summed E-state index contributed by atoms with van der Waals surface area (Å²) in [5.41, 5.74) is 2.39. The van der Waals surface area contributed by atoms with Crippen LogP contribution in [0.1, 0.15) is 12.5 Å². The molecule has 0 radical (unpaired) electrons. The average molecular weight is 597 g/mol. The number of ether oxygens (including phenoxy) is 2. The highest BCUT2D eigenvalue weighted by Gasteiger charge is 2.15. The van der Waals surface area contributed by atoms with Gasteiger partial charge in [-0.05, 0) is 59.3 Å². The van der Waals surface area contributed by atoms with Gasteiger partial charge >= 0.3 is 0 Å². The smallest absolute Gasteiger partial charge is 0.282 e. The van der Waals surface area contributed by atoms with Gasteiger partial charge in [-0.25, -0.2) is 4.98 Å². The zero-order chi connectivity index (χ0) is 27.9. The Morgan fingerprint density at radius 1 is 0.950 bits per heavy atom. The second-order valence-electron chi connectivity index (χ2n) is 8.64. The van der Waals surface area contributed by atoms with Gasteiger partial charge in [0.2, 0.25) is 0 Å². The van der Waals surface area contributed by atoms with Crippen LogP contribution in [0.15, 0.2) is 111 Å². The van der Waals surface area contributed by atoms with Gasteiger partial charge in [0.25, 0.3) is 11.5 Å². The largest absolute Gasteiger partial charge is 0.490 e. The lowest BCUT2D eigenvalue weighted by atomic mass is 10.2. The van der Waals surface area contributed by atoms with Crippen molar-refractivity contribution in [1.82, 2.24) is 9.66 Å². The maximum Gasteiger partial charge on any atom is 0.282 e. The topological polar surface area (TPSA) is 94.8 Å². The fourth-order valence-electron chi connectivity index (χ4n) is 4.02. The monoisotopic (exact) mass is 596 g/mol. The Bertz CT molecular complexity index is 1740. The molecule has 40 heavy (non-hydrogen) atoms. The zero-order valence-corrected chi connectivity index (χ0v) is 23.2. The summed E-state index contributed by atoms with van der Waals surface area (Å²) in [6.07, 6.45) is 1.56. The molecule has 0 saturated heterocycles. The molecule has 1 N–H and O–H groups in total. The van der Waals surface area contributed by atoms with Crippen LogP contribution in [0.3, 0.4) is 0 Å². The third kappa shape index (κ3) is 6.10. The number of hydrogen-bond donors (Lipinski definition) is 1. The van der Waals surface area contributed by atoms with E-state index in [9.17, 15) is 9.59 Å². The number of rotatable bonds is 9. The minimum Gasteiger partial charge on any atom is -0.490 e. The number of para-hydroxylation sites is 2. The molecule has 5 aromatic rings. The van der Waals surface area contributed by atoms with Crippen LogP contribution in [-0.2, 0) is 4.79 Å². The van der Waals surface area contributed by atoms with E-state index in [1.165, 1.54) is 4.68 Å². The number of hydrogen-bond acceptors (Lipinski definition) is 6. The molecule has 5 rings (SSSR count). The Labute approximate surface area is 239 Å². The molecule has 0 fully saturated rings. The van der Waals surface area contributed by atoms with Gasteiger partial charge in [0, 0.05) is 21.3 Å². The number of benzene rings is 4. The van der Waals surface area contributed by atoms with E-state index in [4.69, 9.17) is 14.5 Å². The van der Waals surface area contributed by atoms with E-state index in [-0.39, 0.29) is 18.1 Å². The standard InChI is InChI=1S/C31H25BrN4O4/c1-2-39-27-17-22(25(32)18-28(27)40-20-29(37)34-23-13-7-4-8-14-23)19-33-36-30(21-11-5-3-6-12-21)35-26-16-10-9-15-24(26)31(36)38/h3-19H,2,20H2,1H3,(H,34,37). The van der Waals surface area contributed by atoms with Gasteiger partial charge in [0.15, 0.2) is 23.9 Å². The number of anilines is 1. The maximum atomic E-state index is 13.4. The molecule has 1 aromatic heterocycles. The Hall–Kier alpha value is -4.76. The highest BCUT2D eigenvalue weighted by Crippen LogP contribution is 2.33. The maximum absolute atomic E-state index is 13.4. The summed E-state index contributed by atoms with van der Waals surface area (Å²) in [4.78, 5) is 30.6. The summed E-state index contributed by atoms with van der Waals surface area (Å²) in [7, 11) is 0. The van der Waals surface area contributed by atoms with Crippen LogP contribution in [0.5, 0.6) is 11.5 Å². The second kappa shape index (κ2) is 12.4. The lowest BCUT2D eigenvalue weighted by Crippen LogP contribution is -2.20. The van der Waals surface area contributed by atoms with Crippen molar-refractivity contribution >= 4 is 44.6 Å². The van der Waals surface area contributed by atoms with Gasteiger partial charge in [0.1, 0.15) is 0 Å². The third-order valence-electron chi connectivity index (χ3n) is 5.88. The number of nitrogens with zero attached hydrogens (tertiary/aromatic N) is 3. The van der Waals surface area contributed by atoms with E-state index >= 15 is 0 Å². The molecular formula is C31H25BrN4O4. The molecule has 0 aliphatic heterocycles. The number of carbonyl (C=O) groups is 1. The van der Waals surface area contributed by atoms with E-state index in [1.54, 1.807) is 48.7 Å². The molecule has 9 heteroatoms. The van der Waals surface area contributed by atoms with E-state index in [2.05, 4.69) is 26.3 Å². The minimum atomic E-state index is -0.299. The molecule has 0 aliphatic carbocycles. The molecule has 0 unspecified atom stereocenters. The fourth-order valence-corrected chi connectivity index (χ4v) is 4.44. The fraction of sp³-hybridized carbons (Fsp3) is 0.0968. The van der Waals surface area contributed by atoms with E-state index in [0.29, 0.717) is 50.6 Å². The van der Waals surface area contributed by atoms with Gasteiger partial charge in [-0.2, -0.15) is 9.78 Å². The van der Waals surface area contributed by atoms with Crippen LogP contribution in [0, 0.1) is 0 Å². The van der Waals surface area contributed by atoms with Gasteiger partial charge in [-0.15, -0.1) is 0 Å². The lowest BCUT2D eigenvalue weighted by molar-refractivity contribution is -0.118. The number of amides is 1. The van der Waals surface area contributed by atoms with Crippen molar-refractivity contribution in [3.8, 4) is 22.9 Å². The predicted molar refractivity (Wildman–Crippen MR) is 160 cm³/mol. The van der Waals surface area contributed by atoms with Crippen LogP contribution in [0.25, 0.3) is 22.3 Å². The number of nitrogens with one attached hydrogen (secondary N) is 1. The molecule has 0 aliphatic rings. The van der Waals surface area contributed by atoms with Gasteiger partial charge in [0.05, 0.1) is 23.7 Å². The van der Waals surface area contributed by atoms with E-state index in [1.807, 2.05) is 61.5 Å². The summed E-state index contributed by atoms with van der Waals surface area (Å²) in [5.74, 6) is 0.952. The SMILES string of the molecule is CCOc1cc(C=Nn2c(-c3ccccc3)nc3ccccc3c2=O)c(Br)cc1OCC(=O)Nc1ccccc1. The first-order valence-electron chi connectivity index (χ1n) is 12.6. The molecule has 8 nitrogen and oxygen atoms in total. The van der Waals surface area contributed by atoms with Crippen LogP contribution >= 0.6 is 15.9 Å². The molecule has 0 atom stereocenters. The van der Waals surface area contributed by atoms with Crippen molar-refractivity contribution in [3.63, 3.8) is 0 Å². The molecule has 0 bridgehead atoms. The Morgan fingerprint density at radius 2 is 1.62 bits per heavy atom. The van der Waals surface area contributed by atoms with Crippen molar-refractivity contribution in [2.24, 2.45) is 5.10 Å². The number of fused-ring (bicyclic) bond motifs is 1. The summed E-state index contributed by atoms with van der Waals surface area (Å²) in [6, 6.07) is 29.2. The highest BCUT2D eigenvalue weighted by atomic mass is 79.9. The zero-order valence-electron chi connectivity index (χ0n) is 21.6. The molecule has 0 saturated carbocycles. The molecule has 4 aromatic carbocycles. The number of aromatic nitrogens is 2. The third-order valence-corrected chi connectivity index (χ3v) is 6.56. The minimum absolute atomic E-state index is 0.201. The summed E-state index contributed by atoms with van der Waals surface area (Å²) in [6.45, 7) is 2.04. The van der Waals surface area contributed by atoms with Crippen LogP contribution in [0.4, 0.5) is 5.69 Å². The van der Waals surface area contributed by atoms with Crippen molar-refractivity contribution in [2.75, 3.05) is 18.5 Å². The Balaban J connectivity index is 1.46. The van der Waals surface area contributed by atoms with Gasteiger partial charge in [-0.3, -0.25) is 9.59 Å². The van der Waals surface area contributed by atoms with E-state index in [0.717, 1.165) is 5.56 Å². The van der Waals surface area contributed by atoms with Gasteiger partial charge < -0.3 is 14.8 Å². The molecule has 1 amide bonds. The first-order chi connectivity index (χ1) is 19.5. The number of halogens is 1. The molecule has 1 heterocycles. The summed E-state index contributed by atoms with van der Waals surface area (Å²) in [5, 5.41) is 7.79. The molecule has 200 valence electrons. The van der Waals surface area contributed by atoms with Crippen molar-refractivity contribution < 1.29 is 14.3 Å². The van der Waals surface area contributed by atoms with Crippen molar-refractivity contribution in [1.29, 1.82) is 0 Å².